The fourth-order valence-electron chi connectivity index (χ4n) is 2.02. The Hall–Kier alpha value is -1.62. The molecule has 0 bridgehead atoms. The monoisotopic (exact) mass is 281 g/mol. The highest BCUT2D eigenvalue weighted by atomic mass is 35.5. The maximum atomic E-state index is 13.7. The van der Waals surface area contributed by atoms with E-state index >= 15 is 0 Å². The van der Waals surface area contributed by atoms with Crippen molar-refractivity contribution >= 4 is 11.6 Å². The number of hydrogen-bond acceptors (Lipinski definition) is 2. The molecule has 3 rings (SSSR count). The first-order valence-electron chi connectivity index (χ1n) is 6.22. The number of aromatic nitrogens is 3. The molecule has 1 saturated carbocycles. The molecule has 1 aromatic heterocycles. The second-order valence-corrected chi connectivity index (χ2v) is 5.29. The Morgan fingerprint density at radius 3 is 2.95 bits per heavy atom. The van der Waals surface area contributed by atoms with Crippen LogP contribution in [0.5, 0.6) is 0 Å². The summed E-state index contributed by atoms with van der Waals surface area (Å²) >= 11 is 5.95. The van der Waals surface area contributed by atoms with Crippen LogP contribution in [0.25, 0.3) is 0 Å². The van der Waals surface area contributed by atoms with E-state index in [1.807, 2.05) is 0 Å². The Bertz CT molecular complexity index is 640. The molecule has 1 fully saturated rings. The van der Waals surface area contributed by atoms with Crippen molar-refractivity contribution in [3.63, 3.8) is 0 Å². The van der Waals surface area contributed by atoms with Crippen molar-refractivity contribution in [1.82, 2.24) is 14.8 Å². The minimum absolute atomic E-state index is 0.193. The van der Waals surface area contributed by atoms with Crippen LogP contribution in [0.15, 0.2) is 23.0 Å². The fraction of sp³-hybridized carbons (Fsp3) is 0.385. The van der Waals surface area contributed by atoms with Gasteiger partial charge in [-0.05, 0) is 30.9 Å². The molecule has 4 nitrogen and oxygen atoms in total. The zero-order chi connectivity index (χ0) is 13.4. The van der Waals surface area contributed by atoms with Crippen LogP contribution >= 0.6 is 11.6 Å². The van der Waals surface area contributed by atoms with Crippen molar-refractivity contribution in [3.05, 3.63) is 50.9 Å². The van der Waals surface area contributed by atoms with Crippen molar-refractivity contribution in [2.24, 2.45) is 5.92 Å². The van der Waals surface area contributed by atoms with E-state index in [0.717, 1.165) is 12.8 Å². The van der Waals surface area contributed by atoms with Crippen LogP contribution in [0.4, 0.5) is 4.39 Å². The first-order chi connectivity index (χ1) is 9.13. The molecule has 0 aliphatic heterocycles. The molecule has 1 N–H and O–H groups in total. The topological polar surface area (TPSA) is 50.7 Å². The van der Waals surface area contributed by atoms with Crippen LogP contribution in [-0.4, -0.2) is 14.8 Å². The smallest absolute Gasteiger partial charge is 0.292 e. The summed E-state index contributed by atoms with van der Waals surface area (Å²) in [6.07, 6.45) is 2.49. The summed E-state index contributed by atoms with van der Waals surface area (Å²) in [6.45, 7) is 0.639. The summed E-state index contributed by atoms with van der Waals surface area (Å²) in [5.74, 6) is 0.619. The average molecular weight is 282 g/mol. The number of rotatable bonds is 4. The van der Waals surface area contributed by atoms with Crippen LogP contribution in [0.2, 0.25) is 5.02 Å². The number of hydrogen-bond donors (Lipinski definition) is 1. The normalized spacial score (nSPS) is 14.8. The molecule has 2 aromatic rings. The standard InChI is InChI=1S/C13H13ClFN3O/c14-10-2-1-3-11(15)9(10)6-12-16-13(19)18(17-12)7-8-4-5-8/h1-3,8H,4-7H2,(H,16,17,19). The van der Waals surface area contributed by atoms with Crippen molar-refractivity contribution in [1.29, 1.82) is 0 Å². The third-order valence-corrected chi connectivity index (χ3v) is 3.62. The Kier molecular flexibility index (Phi) is 3.14. The lowest BCUT2D eigenvalue weighted by Crippen LogP contribution is -2.18. The molecule has 19 heavy (non-hydrogen) atoms. The van der Waals surface area contributed by atoms with Gasteiger partial charge in [-0.25, -0.2) is 13.9 Å². The highest BCUT2D eigenvalue weighted by molar-refractivity contribution is 6.31. The van der Waals surface area contributed by atoms with Gasteiger partial charge in [0.05, 0.1) is 0 Å². The summed E-state index contributed by atoms with van der Waals surface area (Å²) in [6, 6.07) is 4.52. The van der Waals surface area contributed by atoms with Crippen LogP contribution < -0.4 is 5.69 Å². The third kappa shape index (κ3) is 2.71. The molecule has 0 radical (unpaired) electrons. The molecule has 1 heterocycles. The zero-order valence-electron chi connectivity index (χ0n) is 10.2. The van der Waals surface area contributed by atoms with Gasteiger partial charge in [-0.3, -0.25) is 4.98 Å². The molecule has 0 unspecified atom stereocenters. The first kappa shape index (κ1) is 12.4. The van der Waals surface area contributed by atoms with Gasteiger partial charge in [0.1, 0.15) is 11.6 Å². The van der Waals surface area contributed by atoms with E-state index in [0.29, 0.717) is 28.9 Å². The quantitative estimate of drug-likeness (QED) is 0.935. The van der Waals surface area contributed by atoms with E-state index in [9.17, 15) is 9.18 Å². The summed E-state index contributed by atoms with van der Waals surface area (Å²) in [5.41, 5.74) is 0.117. The van der Waals surface area contributed by atoms with Crippen LogP contribution in [0, 0.1) is 11.7 Å². The van der Waals surface area contributed by atoms with E-state index in [1.54, 1.807) is 12.1 Å². The van der Waals surface area contributed by atoms with Gasteiger partial charge in [0.2, 0.25) is 0 Å². The van der Waals surface area contributed by atoms with E-state index in [2.05, 4.69) is 10.1 Å². The molecule has 0 amide bonds. The second-order valence-electron chi connectivity index (χ2n) is 4.88. The van der Waals surface area contributed by atoms with E-state index in [1.165, 1.54) is 10.7 Å². The molecule has 0 spiro atoms. The van der Waals surface area contributed by atoms with Gasteiger partial charge in [-0.15, -0.1) is 0 Å². The predicted octanol–water partition coefficient (Wildman–Crippen LogP) is 2.36. The van der Waals surface area contributed by atoms with Gasteiger partial charge in [0.25, 0.3) is 0 Å². The first-order valence-corrected chi connectivity index (χ1v) is 6.60. The fourth-order valence-corrected chi connectivity index (χ4v) is 2.25. The molecular weight excluding hydrogens is 269 g/mol. The van der Waals surface area contributed by atoms with Gasteiger partial charge in [-0.1, -0.05) is 17.7 Å². The molecule has 1 aliphatic carbocycles. The lowest BCUT2D eigenvalue weighted by Gasteiger charge is -2.02. The third-order valence-electron chi connectivity index (χ3n) is 3.26. The lowest BCUT2D eigenvalue weighted by molar-refractivity contribution is 0.541. The summed E-state index contributed by atoms with van der Waals surface area (Å²) in [4.78, 5) is 14.3. The molecular formula is C13H13ClFN3O. The number of H-pyrrole nitrogens is 1. The summed E-state index contributed by atoms with van der Waals surface area (Å²) < 4.78 is 15.1. The minimum atomic E-state index is -0.384. The average Bonchev–Trinajstić information content (AvgIpc) is 3.10. The highest BCUT2D eigenvalue weighted by Gasteiger charge is 2.23. The number of halogens is 2. The largest absolute Gasteiger partial charge is 0.343 e. The highest BCUT2D eigenvalue weighted by Crippen LogP contribution is 2.29. The van der Waals surface area contributed by atoms with Gasteiger partial charge >= 0.3 is 5.69 Å². The zero-order valence-corrected chi connectivity index (χ0v) is 11.0. The molecule has 100 valence electrons. The van der Waals surface area contributed by atoms with Crippen molar-refractivity contribution < 1.29 is 4.39 Å². The van der Waals surface area contributed by atoms with Crippen molar-refractivity contribution in [3.8, 4) is 0 Å². The predicted molar refractivity (Wildman–Crippen MR) is 69.8 cm³/mol. The Labute approximate surface area is 114 Å². The maximum Gasteiger partial charge on any atom is 0.343 e. The van der Waals surface area contributed by atoms with E-state index in [4.69, 9.17) is 11.6 Å². The van der Waals surface area contributed by atoms with Crippen LogP contribution in [0.3, 0.4) is 0 Å². The van der Waals surface area contributed by atoms with Crippen LogP contribution in [-0.2, 0) is 13.0 Å². The Morgan fingerprint density at radius 2 is 2.26 bits per heavy atom. The van der Waals surface area contributed by atoms with Gasteiger partial charge < -0.3 is 0 Å². The number of aromatic amines is 1. The van der Waals surface area contributed by atoms with Gasteiger partial charge in [0, 0.05) is 23.6 Å². The number of nitrogens with one attached hydrogen (secondary N) is 1. The van der Waals surface area contributed by atoms with E-state index < -0.39 is 0 Å². The Balaban J connectivity index is 1.84. The van der Waals surface area contributed by atoms with E-state index in [-0.39, 0.29) is 17.9 Å². The number of nitrogens with zero attached hydrogens (tertiary/aromatic N) is 2. The second kappa shape index (κ2) is 4.81. The summed E-state index contributed by atoms with van der Waals surface area (Å²) in [7, 11) is 0. The SMILES string of the molecule is O=c1[nH]c(Cc2c(F)cccc2Cl)nn1CC1CC1. The minimum Gasteiger partial charge on any atom is -0.292 e. The van der Waals surface area contributed by atoms with Gasteiger partial charge in [0.15, 0.2) is 0 Å². The molecule has 1 aliphatic rings. The molecule has 6 heteroatoms. The lowest BCUT2D eigenvalue weighted by atomic mass is 10.1. The Morgan fingerprint density at radius 1 is 1.47 bits per heavy atom. The number of benzene rings is 1. The van der Waals surface area contributed by atoms with Crippen molar-refractivity contribution in [2.45, 2.75) is 25.8 Å². The maximum absolute atomic E-state index is 13.7. The summed E-state index contributed by atoms with van der Waals surface area (Å²) in [5, 5.41) is 4.54. The molecule has 1 aromatic carbocycles. The van der Waals surface area contributed by atoms with Gasteiger partial charge in [-0.2, -0.15) is 5.10 Å². The van der Waals surface area contributed by atoms with Crippen molar-refractivity contribution in [2.75, 3.05) is 0 Å². The van der Waals surface area contributed by atoms with Crippen LogP contribution in [0.1, 0.15) is 24.2 Å². The molecule has 0 atom stereocenters. The molecule has 0 saturated heterocycles.